The Morgan fingerprint density at radius 3 is 1.28 bits per heavy atom. The van der Waals surface area contributed by atoms with E-state index < -0.39 is 157 Å². The van der Waals surface area contributed by atoms with Crippen LogP contribution in [-0.4, -0.2) is 195 Å². The van der Waals surface area contributed by atoms with Gasteiger partial charge in [-0.05, 0) is 124 Å². The van der Waals surface area contributed by atoms with Crippen LogP contribution in [0.3, 0.4) is 0 Å². The van der Waals surface area contributed by atoms with Crippen LogP contribution in [0.1, 0.15) is 124 Å². The van der Waals surface area contributed by atoms with Crippen molar-refractivity contribution in [3.63, 3.8) is 0 Å². The number of ether oxygens (including phenoxy) is 10. The van der Waals surface area contributed by atoms with Gasteiger partial charge in [0.15, 0.2) is 12.6 Å². The molecular formula is C46H83N5O20. The van der Waals surface area contributed by atoms with Gasteiger partial charge in [0.2, 0.25) is 0 Å². The highest BCUT2D eigenvalue weighted by Crippen LogP contribution is 2.34. The van der Waals surface area contributed by atoms with Gasteiger partial charge in [-0.15, -0.1) is 0 Å². The van der Waals surface area contributed by atoms with Crippen molar-refractivity contribution in [2.75, 3.05) is 13.2 Å². The summed E-state index contributed by atoms with van der Waals surface area (Å²) >= 11 is 0. The first-order chi connectivity index (χ1) is 32.2. The molecule has 0 aromatic rings. The highest BCUT2D eigenvalue weighted by Gasteiger charge is 2.55. The van der Waals surface area contributed by atoms with Gasteiger partial charge in [0.1, 0.15) is 89.0 Å². The summed E-state index contributed by atoms with van der Waals surface area (Å²) in [5.74, 6) is 0. The standard InChI is InChI=1S/C46H83N5O20/c1-21(2)62-20-25-28(52)26(50-40(60)70-45(12,13)14)31(55)36(64-25)66-34-23(49-39(59)69-44(9,10)11)18-22(48-38(58)68-43(6,7)8)33(32(34)56)65-35-27(51-41(61)71-46(15,16)17)30(54)29(53)24(63-35)19-47-37(57)67-42(3,4)5/h21-36,52-56H,18-20H2,1-17H3,(H,47,57)(H,48,58)(H,49,59)(H,50,60)(H,51,61). The summed E-state index contributed by atoms with van der Waals surface area (Å²) in [4.78, 5) is 66.2. The van der Waals surface area contributed by atoms with Crippen LogP contribution >= 0.6 is 0 Å². The molecule has 5 amide bonds. The molecule has 0 spiro atoms. The third-order valence-corrected chi connectivity index (χ3v) is 10.2. The molecule has 10 N–H and O–H groups in total. The number of amides is 5. The molecule has 25 nitrogen and oxygen atoms in total. The van der Waals surface area contributed by atoms with E-state index in [0.717, 1.165) is 0 Å². The average molecular weight is 1030 g/mol. The lowest BCUT2D eigenvalue weighted by molar-refractivity contribution is -0.323. The molecule has 15 unspecified atom stereocenters. The predicted molar refractivity (Wildman–Crippen MR) is 250 cm³/mol. The summed E-state index contributed by atoms with van der Waals surface area (Å²) in [6.45, 7) is 26.8. The molecule has 2 saturated heterocycles. The van der Waals surface area contributed by atoms with E-state index in [-0.39, 0.29) is 19.1 Å². The number of rotatable bonds is 13. The van der Waals surface area contributed by atoms with Crippen LogP contribution in [0.15, 0.2) is 0 Å². The van der Waals surface area contributed by atoms with E-state index in [1.807, 2.05) is 0 Å². The lowest BCUT2D eigenvalue weighted by atomic mass is 9.83. The fraction of sp³-hybridized carbons (Fsp3) is 0.891. The van der Waals surface area contributed by atoms with Crippen molar-refractivity contribution in [1.29, 1.82) is 0 Å². The number of hydrogen-bond acceptors (Lipinski definition) is 20. The van der Waals surface area contributed by atoms with E-state index in [2.05, 4.69) is 26.6 Å². The van der Waals surface area contributed by atoms with Crippen LogP contribution in [0.25, 0.3) is 0 Å². The average Bonchev–Trinajstić information content (AvgIpc) is 3.15. The molecular weight excluding hydrogens is 943 g/mol. The fourth-order valence-electron chi connectivity index (χ4n) is 7.46. The molecule has 0 aromatic carbocycles. The van der Waals surface area contributed by atoms with Gasteiger partial charge in [-0.2, -0.15) is 0 Å². The van der Waals surface area contributed by atoms with E-state index in [4.69, 9.17) is 47.4 Å². The van der Waals surface area contributed by atoms with E-state index in [1.165, 1.54) is 0 Å². The molecule has 3 rings (SSSR count). The first-order valence-corrected chi connectivity index (χ1v) is 23.8. The van der Waals surface area contributed by atoms with Crippen molar-refractivity contribution in [1.82, 2.24) is 26.6 Å². The molecule has 1 aliphatic carbocycles. The van der Waals surface area contributed by atoms with Crippen molar-refractivity contribution in [2.45, 2.75) is 250 Å². The summed E-state index contributed by atoms with van der Waals surface area (Å²) in [6.07, 6.45) is -24.9. The van der Waals surface area contributed by atoms with Gasteiger partial charge in [0.25, 0.3) is 0 Å². The Labute approximate surface area is 416 Å². The second kappa shape index (κ2) is 24.3. The first-order valence-electron chi connectivity index (χ1n) is 23.8. The van der Waals surface area contributed by atoms with Crippen molar-refractivity contribution in [2.24, 2.45) is 0 Å². The monoisotopic (exact) mass is 1030 g/mol. The Morgan fingerprint density at radius 2 is 0.859 bits per heavy atom. The molecule has 0 bridgehead atoms. The summed E-state index contributed by atoms with van der Waals surface area (Å²) < 4.78 is 58.2. The minimum Gasteiger partial charge on any atom is -0.444 e. The summed E-state index contributed by atoms with van der Waals surface area (Å²) in [6, 6.07) is -5.95. The second-order valence-corrected chi connectivity index (χ2v) is 23.1. The van der Waals surface area contributed by atoms with Crippen LogP contribution < -0.4 is 26.6 Å². The zero-order valence-electron chi connectivity index (χ0n) is 44.2. The topological polar surface area (TPSA) is 339 Å². The van der Waals surface area contributed by atoms with Gasteiger partial charge in [-0.1, -0.05) is 0 Å². The minimum absolute atomic E-state index is 0.276. The van der Waals surface area contributed by atoms with Crippen LogP contribution in [-0.2, 0) is 47.4 Å². The minimum atomic E-state index is -2.03. The van der Waals surface area contributed by atoms with Crippen LogP contribution in [0, 0.1) is 0 Å². The van der Waals surface area contributed by atoms with Gasteiger partial charge in [-0.3, -0.25) is 0 Å². The third kappa shape index (κ3) is 20.4. The third-order valence-electron chi connectivity index (χ3n) is 10.2. The molecule has 3 aliphatic rings. The number of aliphatic hydroxyl groups is 5. The van der Waals surface area contributed by atoms with Crippen molar-refractivity contribution < 1.29 is 96.9 Å². The van der Waals surface area contributed by atoms with Gasteiger partial charge < -0.3 is 99.5 Å². The zero-order chi connectivity index (χ0) is 54.4. The number of aliphatic hydroxyl groups excluding tert-OH is 5. The molecule has 0 aromatic heterocycles. The number of hydrogen-bond donors (Lipinski definition) is 10. The van der Waals surface area contributed by atoms with E-state index in [1.54, 1.807) is 118 Å². The molecule has 2 heterocycles. The summed E-state index contributed by atoms with van der Waals surface area (Å²) in [5.41, 5.74) is -5.03. The quantitative estimate of drug-likeness (QED) is 0.118. The number of nitrogens with one attached hydrogen (secondary N) is 5. The number of alkyl carbamates (subject to hydrolysis) is 5. The molecule has 3 fully saturated rings. The Balaban J connectivity index is 2.21. The second-order valence-electron chi connectivity index (χ2n) is 23.1. The van der Waals surface area contributed by atoms with Crippen LogP contribution in [0.5, 0.6) is 0 Å². The maximum Gasteiger partial charge on any atom is 0.408 e. The lowest BCUT2D eigenvalue weighted by Crippen LogP contribution is -2.71. The molecule has 1 saturated carbocycles. The van der Waals surface area contributed by atoms with E-state index >= 15 is 0 Å². The largest absolute Gasteiger partial charge is 0.444 e. The first kappa shape index (κ1) is 61.3. The van der Waals surface area contributed by atoms with Gasteiger partial charge in [0.05, 0.1) is 30.8 Å². The maximum absolute atomic E-state index is 13.6. The Morgan fingerprint density at radius 1 is 0.479 bits per heavy atom. The van der Waals surface area contributed by atoms with Crippen LogP contribution in [0.4, 0.5) is 24.0 Å². The highest BCUT2D eigenvalue weighted by molar-refractivity contribution is 5.70. The van der Waals surface area contributed by atoms with Crippen molar-refractivity contribution in [3.8, 4) is 0 Å². The Kier molecular flexibility index (Phi) is 21.0. The predicted octanol–water partition coefficient (Wildman–Crippen LogP) is 1.94. The lowest BCUT2D eigenvalue weighted by Gasteiger charge is -2.50. The normalized spacial score (nSPS) is 31.9. The SMILES string of the molecule is CC(C)OCC1OC(OC2C(NC(=O)OC(C)(C)C)CC(NC(=O)OC(C)(C)C)C(OC3OC(CNC(=O)OC(C)(C)C)C(O)C(O)C3NC(=O)OC(C)(C)C)C2O)C(O)C(NC(=O)OC(C)(C)C)C1O. The maximum atomic E-state index is 13.6. The van der Waals surface area contributed by atoms with Gasteiger partial charge in [0, 0.05) is 6.54 Å². The summed E-state index contributed by atoms with van der Waals surface area (Å²) in [5, 5.41) is 71.6. The van der Waals surface area contributed by atoms with Crippen LogP contribution in [0.2, 0.25) is 0 Å². The Hall–Kier alpha value is -4.05. The number of carbonyl (C=O) groups is 5. The zero-order valence-corrected chi connectivity index (χ0v) is 44.2. The molecule has 15 atom stereocenters. The fourth-order valence-corrected chi connectivity index (χ4v) is 7.46. The van der Waals surface area contributed by atoms with E-state index in [9.17, 15) is 49.5 Å². The molecule has 0 radical (unpaired) electrons. The van der Waals surface area contributed by atoms with Crippen molar-refractivity contribution >= 4 is 30.5 Å². The van der Waals surface area contributed by atoms with Gasteiger partial charge in [-0.25, -0.2) is 24.0 Å². The molecule has 2 aliphatic heterocycles. The van der Waals surface area contributed by atoms with Gasteiger partial charge >= 0.3 is 30.5 Å². The van der Waals surface area contributed by atoms with Crippen molar-refractivity contribution in [3.05, 3.63) is 0 Å². The highest BCUT2D eigenvalue weighted by atomic mass is 16.7. The molecule has 71 heavy (non-hydrogen) atoms. The summed E-state index contributed by atoms with van der Waals surface area (Å²) in [7, 11) is 0. The Bertz CT molecular complexity index is 1770. The smallest absolute Gasteiger partial charge is 0.408 e. The number of carbonyl (C=O) groups excluding carboxylic acids is 5. The molecule has 412 valence electrons. The molecule has 25 heteroatoms. The van der Waals surface area contributed by atoms with E-state index in [0.29, 0.717) is 0 Å².